The van der Waals surface area contributed by atoms with E-state index < -0.39 is 4.92 Å². The summed E-state index contributed by atoms with van der Waals surface area (Å²) in [5.41, 5.74) is -0.0566. The third-order valence-electron chi connectivity index (χ3n) is 3.10. The van der Waals surface area contributed by atoms with Gasteiger partial charge in [-0.15, -0.1) is 0 Å². The molecule has 0 radical (unpaired) electrons. The second-order valence-corrected chi connectivity index (χ2v) is 4.71. The highest BCUT2D eigenvalue weighted by atomic mass is 16.6. The number of nitrogens with zero attached hydrogens (tertiary/aromatic N) is 1. The molecule has 0 saturated heterocycles. The van der Waals surface area contributed by atoms with Gasteiger partial charge < -0.3 is 9.47 Å². The summed E-state index contributed by atoms with van der Waals surface area (Å²) in [6.07, 6.45) is 5.87. The van der Waals surface area contributed by atoms with Crippen LogP contribution in [0.2, 0.25) is 0 Å². The highest BCUT2D eigenvalue weighted by Crippen LogP contribution is 2.38. The maximum absolute atomic E-state index is 11.1. The van der Waals surface area contributed by atoms with E-state index in [0.717, 1.165) is 25.7 Å². The van der Waals surface area contributed by atoms with Crippen molar-refractivity contribution in [1.29, 1.82) is 0 Å². The van der Waals surface area contributed by atoms with E-state index in [1.807, 2.05) is 0 Å². The van der Waals surface area contributed by atoms with Crippen molar-refractivity contribution in [2.24, 2.45) is 0 Å². The number of ether oxygens (including phenoxy) is 2. The largest absolute Gasteiger partial charge is 0.493 e. The average Bonchev–Trinajstić information content (AvgIpc) is 2.49. The molecule has 0 N–H and O–H groups in total. The quantitative estimate of drug-likeness (QED) is 0.284. The van der Waals surface area contributed by atoms with Crippen molar-refractivity contribution in [3.63, 3.8) is 0 Å². The Bertz CT molecular complexity index is 487. The molecule has 1 aromatic carbocycles. The Kier molecular flexibility index (Phi) is 7.21. The number of methoxy groups -OCH3 is 1. The summed E-state index contributed by atoms with van der Waals surface area (Å²) in [5.74, 6) is 0.295. The first-order chi connectivity index (χ1) is 10.1. The van der Waals surface area contributed by atoms with Crippen molar-refractivity contribution in [1.82, 2.24) is 0 Å². The van der Waals surface area contributed by atoms with Gasteiger partial charge in [-0.25, -0.2) is 0 Å². The van der Waals surface area contributed by atoms with Gasteiger partial charge >= 0.3 is 5.69 Å². The van der Waals surface area contributed by atoms with E-state index >= 15 is 0 Å². The van der Waals surface area contributed by atoms with Crippen molar-refractivity contribution in [3.8, 4) is 11.5 Å². The maximum atomic E-state index is 11.1. The molecule has 0 atom stereocenters. The van der Waals surface area contributed by atoms with E-state index in [9.17, 15) is 14.9 Å². The number of nitro groups is 1. The minimum absolute atomic E-state index is 0.0867. The van der Waals surface area contributed by atoms with Gasteiger partial charge in [0.2, 0.25) is 5.75 Å². The van der Waals surface area contributed by atoms with E-state index in [0.29, 0.717) is 12.9 Å². The van der Waals surface area contributed by atoms with E-state index in [1.165, 1.54) is 25.7 Å². The van der Waals surface area contributed by atoms with E-state index in [2.05, 4.69) is 6.92 Å². The van der Waals surface area contributed by atoms with Gasteiger partial charge in [-0.3, -0.25) is 14.9 Å². The zero-order valence-corrected chi connectivity index (χ0v) is 12.5. The number of unbranched alkanes of at least 4 members (excludes halogenated alkanes) is 4. The molecular formula is C15H21NO5. The lowest BCUT2D eigenvalue weighted by Crippen LogP contribution is -2.03. The van der Waals surface area contributed by atoms with Crippen LogP contribution < -0.4 is 9.47 Å². The molecule has 0 saturated carbocycles. The second-order valence-electron chi connectivity index (χ2n) is 4.71. The van der Waals surface area contributed by atoms with Gasteiger partial charge in [0, 0.05) is 11.6 Å². The third-order valence-corrected chi connectivity index (χ3v) is 3.10. The molecule has 0 spiro atoms. The van der Waals surface area contributed by atoms with Gasteiger partial charge in [-0.05, 0) is 12.5 Å². The topological polar surface area (TPSA) is 78.7 Å². The standard InChI is InChI=1S/C15H21NO5/c1-3-4-5-6-7-8-21-15-13(16(18)19)9-12(11-17)10-14(15)20-2/h9-11H,3-8H2,1-2H3. The lowest BCUT2D eigenvalue weighted by molar-refractivity contribution is -0.386. The molecule has 116 valence electrons. The minimum atomic E-state index is -0.568. The molecule has 1 aromatic rings. The predicted molar refractivity (Wildman–Crippen MR) is 79.3 cm³/mol. The van der Waals surface area contributed by atoms with Gasteiger partial charge in [0.15, 0.2) is 5.75 Å². The van der Waals surface area contributed by atoms with E-state index in [-0.39, 0.29) is 22.7 Å². The Morgan fingerprint density at radius 2 is 1.95 bits per heavy atom. The van der Waals surface area contributed by atoms with Crippen LogP contribution in [0.5, 0.6) is 11.5 Å². The Morgan fingerprint density at radius 3 is 2.52 bits per heavy atom. The fourth-order valence-electron chi connectivity index (χ4n) is 1.99. The first-order valence-corrected chi connectivity index (χ1v) is 7.08. The molecule has 6 nitrogen and oxygen atoms in total. The monoisotopic (exact) mass is 295 g/mol. The molecule has 1 rings (SSSR count). The first kappa shape index (κ1) is 16.9. The zero-order valence-electron chi connectivity index (χ0n) is 12.5. The summed E-state index contributed by atoms with van der Waals surface area (Å²) < 4.78 is 10.6. The molecule has 21 heavy (non-hydrogen) atoms. The zero-order chi connectivity index (χ0) is 15.7. The van der Waals surface area contributed by atoms with Crippen LogP contribution in [0.25, 0.3) is 0 Å². The summed E-state index contributed by atoms with van der Waals surface area (Å²) in [4.78, 5) is 21.3. The lowest BCUT2D eigenvalue weighted by atomic mass is 10.1. The Morgan fingerprint density at radius 1 is 1.24 bits per heavy atom. The number of hydrogen-bond acceptors (Lipinski definition) is 5. The van der Waals surface area contributed by atoms with Crippen LogP contribution in [0, 0.1) is 10.1 Å². The predicted octanol–water partition coefficient (Wildman–Crippen LogP) is 3.77. The van der Waals surface area contributed by atoms with Gasteiger partial charge in [0.25, 0.3) is 0 Å². The van der Waals surface area contributed by atoms with Crippen LogP contribution >= 0.6 is 0 Å². The number of benzene rings is 1. The van der Waals surface area contributed by atoms with Crippen molar-refractivity contribution >= 4 is 12.0 Å². The van der Waals surface area contributed by atoms with Gasteiger partial charge in [-0.1, -0.05) is 32.6 Å². The molecule has 0 fully saturated rings. The van der Waals surface area contributed by atoms with Gasteiger partial charge in [0.1, 0.15) is 6.29 Å². The van der Waals surface area contributed by atoms with E-state index in [1.54, 1.807) is 0 Å². The fraction of sp³-hybridized carbons (Fsp3) is 0.533. The maximum Gasteiger partial charge on any atom is 0.315 e. The van der Waals surface area contributed by atoms with Crippen LogP contribution in [-0.2, 0) is 0 Å². The highest BCUT2D eigenvalue weighted by molar-refractivity contribution is 5.79. The number of carbonyl (C=O) groups excluding carboxylic acids is 1. The second kappa shape index (κ2) is 8.94. The van der Waals surface area contributed by atoms with Crippen molar-refractivity contribution in [2.45, 2.75) is 39.0 Å². The van der Waals surface area contributed by atoms with Crippen LogP contribution in [0.1, 0.15) is 49.4 Å². The third kappa shape index (κ3) is 5.06. The molecular weight excluding hydrogens is 274 g/mol. The number of rotatable bonds is 10. The number of aldehydes is 1. The molecule has 0 bridgehead atoms. The number of hydrogen-bond donors (Lipinski definition) is 0. The molecule has 0 aliphatic rings. The average molecular weight is 295 g/mol. The van der Waals surface area contributed by atoms with Gasteiger partial charge in [0.05, 0.1) is 18.6 Å². The van der Waals surface area contributed by atoms with Crippen molar-refractivity contribution < 1.29 is 19.2 Å². The SMILES string of the molecule is CCCCCCCOc1c(OC)cc(C=O)cc1[N+](=O)[O-]. The summed E-state index contributed by atoms with van der Waals surface area (Å²) in [7, 11) is 1.39. The number of nitro benzene ring substituents is 1. The Balaban J connectivity index is 2.79. The summed E-state index contributed by atoms with van der Waals surface area (Å²) in [5, 5.41) is 11.1. The summed E-state index contributed by atoms with van der Waals surface area (Å²) >= 11 is 0. The summed E-state index contributed by atoms with van der Waals surface area (Å²) in [6.45, 7) is 2.53. The Labute approximate surface area is 124 Å². The molecule has 0 aliphatic carbocycles. The van der Waals surface area contributed by atoms with Gasteiger partial charge in [-0.2, -0.15) is 0 Å². The molecule has 0 amide bonds. The summed E-state index contributed by atoms with van der Waals surface area (Å²) in [6, 6.07) is 2.63. The molecule has 0 heterocycles. The molecule has 0 aromatic heterocycles. The molecule has 6 heteroatoms. The molecule has 0 aliphatic heterocycles. The van der Waals surface area contributed by atoms with Crippen LogP contribution in [0.15, 0.2) is 12.1 Å². The Hall–Kier alpha value is -2.11. The highest BCUT2D eigenvalue weighted by Gasteiger charge is 2.22. The van der Waals surface area contributed by atoms with Crippen LogP contribution in [-0.4, -0.2) is 24.9 Å². The number of carbonyl (C=O) groups is 1. The van der Waals surface area contributed by atoms with Crippen molar-refractivity contribution in [3.05, 3.63) is 27.8 Å². The van der Waals surface area contributed by atoms with Crippen LogP contribution in [0.3, 0.4) is 0 Å². The minimum Gasteiger partial charge on any atom is -0.493 e. The fourth-order valence-corrected chi connectivity index (χ4v) is 1.99. The van der Waals surface area contributed by atoms with Crippen molar-refractivity contribution in [2.75, 3.05) is 13.7 Å². The smallest absolute Gasteiger partial charge is 0.315 e. The van der Waals surface area contributed by atoms with Crippen LogP contribution in [0.4, 0.5) is 5.69 Å². The molecule has 0 unspecified atom stereocenters. The normalized spacial score (nSPS) is 10.2. The lowest BCUT2D eigenvalue weighted by Gasteiger charge is -2.11. The van der Waals surface area contributed by atoms with E-state index in [4.69, 9.17) is 9.47 Å². The first-order valence-electron chi connectivity index (χ1n) is 7.08.